The maximum Gasteiger partial charge on any atom is 0.340 e. The fourth-order valence-electron chi connectivity index (χ4n) is 2.10. The van der Waals surface area contributed by atoms with E-state index in [-0.39, 0.29) is 5.97 Å². The predicted molar refractivity (Wildman–Crippen MR) is 80.7 cm³/mol. The van der Waals surface area contributed by atoms with Gasteiger partial charge in [-0.2, -0.15) is 0 Å². The second-order valence-electron chi connectivity index (χ2n) is 4.61. The molecule has 0 spiro atoms. The number of esters is 1. The lowest BCUT2D eigenvalue weighted by Gasteiger charge is -2.22. The van der Waals surface area contributed by atoms with Crippen molar-refractivity contribution in [3.63, 3.8) is 0 Å². The van der Waals surface area contributed by atoms with Crippen LogP contribution < -0.4 is 10.6 Å². The first-order valence-corrected chi connectivity index (χ1v) is 6.34. The highest BCUT2D eigenvalue weighted by atomic mass is 16.5. The molecule has 0 saturated carbocycles. The molecule has 0 unspecified atom stereocenters. The van der Waals surface area contributed by atoms with Crippen LogP contribution in [0.2, 0.25) is 0 Å². The lowest BCUT2D eigenvalue weighted by atomic mass is 10.1. The quantitative estimate of drug-likeness (QED) is 0.685. The van der Waals surface area contributed by atoms with Crippen molar-refractivity contribution in [1.29, 1.82) is 0 Å². The van der Waals surface area contributed by atoms with Gasteiger partial charge in [0.15, 0.2) is 0 Å². The smallest absolute Gasteiger partial charge is 0.340 e. The Morgan fingerprint density at radius 3 is 2.55 bits per heavy atom. The average Bonchev–Trinajstić information content (AvgIpc) is 2.47. The molecule has 2 aromatic rings. The summed E-state index contributed by atoms with van der Waals surface area (Å²) in [5.41, 5.74) is 8.74. The first-order chi connectivity index (χ1) is 9.61. The Kier molecular flexibility index (Phi) is 4.25. The molecule has 0 aliphatic heterocycles. The number of benzene rings is 2. The molecule has 0 amide bonds. The van der Waals surface area contributed by atoms with Gasteiger partial charge in [0.2, 0.25) is 0 Å². The fraction of sp³-hybridized carbons (Fsp3) is 0.188. The molecule has 0 heterocycles. The van der Waals surface area contributed by atoms with Crippen molar-refractivity contribution in [1.82, 2.24) is 0 Å². The van der Waals surface area contributed by atoms with Crippen molar-refractivity contribution in [3.05, 3.63) is 59.7 Å². The maximum absolute atomic E-state index is 11.8. The van der Waals surface area contributed by atoms with Gasteiger partial charge >= 0.3 is 5.97 Å². The minimum absolute atomic E-state index is 0.382. The van der Waals surface area contributed by atoms with Crippen molar-refractivity contribution < 1.29 is 9.53 Å². The van der Waals surface area contributed by atoms with E-state index in [0.717, 1.165) is 5.69 Å². The standard InChI is InChI=1S/C16H18N2O2/c1-18(11-12-6-4-3-5-7-12)15-9-8-13(17)10-14(15)16(19)20-2/h3-10H,11,17H2,1-2H3. The van der Waals surface area contributed by atoms with Gasteiger partial charge in [-0.3, -0.25) is 0 Å². The number of nitrogen functional groups attached to an aromatic ring is 1. The lowest BCUT2D eigenvalue weighted by Crippen LogP contribution is -2.20. The third-order valence-electron chi connectivity index (χ3n) is 3.10. The number of nitrogens with two attached hydrogens (primary N) is 1. The zero-order valence-corrected chi connectivity index (χ0v) is 11.7. The second kappa shape index (κ2) is 6.10. The molecule has 0 aliphatic carbocycles. The summed E-state index contributed by atoms with van der Waals surface area (Å²) in [4.78, 5) is 13.8. The van der Waals surface area contributed by atoms with Gasteiger partial charge in [0, 0.05) is 19.3 Å². The van der Waals surface area contributed by atoms with E-state index >= 15 is 0 Å². The number of methoxy groups -OCH3 is 1. The summed E-state index contributed by atoms with van der Waals surface area (Å²) in [5, 5.41) is 0. The summed E-state index contributed by atoms with van der Waals surface area (Å²) < 4.78 is 4.81. The monoisotopic (exact) mass is 270 g/mol. The number of nitrogens with zero attached hydrogens (tertiary/aromatic N) is 1. The first kappa shape index (κ1) is 13.9. The summed E-state index contributed by atoms with van der Waals surface area (Å²) in [6.45, 7) is 0.703. The molecule has 0 radical (unpaired) electrons. The molecule has 20 heavy (non-hydrogen) atoms. The van der Waals surface area contributed by atoms with E-state index in [2.05, 4.69) is 0 Å². The van der Waals surface area contributed by atoms with Crippen LogP contribution in [0, 0.1) is 0 Å². The molecule has 2 aromatic carbocycles. The van der Waals surface area contributed by atoms with Crippen LogP contribution in [-0.4, -0.2) is 20.1 Å². The Morgan fingerprint density at radius 2 is 1.90 bits per heavy atom. The molecule has 2 rings (SSSR count). The van der Waals surface area contributed by atoms with Crippen LogP contribution in [0.15, 0.2) is 48.5 Å². The van der Waals surface area contributed by atoms with Crippen molar-refractivity contribution in [2.45, 2.75) is 6.54 Å². The van der Waals surface area contributed by atoms with E-state index in [1.54, 1.807) is 12.1 Å². The van der Waals surface area contributed by atoms with Crippen molar-refractivity contribution in [2.75, 3.05) is 24.8 Å². The van der Waals surface area contributed by atoms with Crippen LogP contribution in [0.25, 0.3) is 0 Å². The van der Waals surface area contributed by atoms with E-state index in [9.17, 15) is 4.79 Å². The molecule has 4 nitrogen and oxygen atoms in total. The number of hydrogen-bond donors (Lipinski definition) is 1. The number of rotatable bonds is 4. The summed E-state index contributed by atoms with van der Waals surface area (Å²) in [6.07, 6.45) is 0. The lowest BCUT2D eigenvalue weighted by molar-refractivity contribution is 0.0601. The Hall–Kier alpha value is -2.49. The molecule has 0 atom stereocenters. The predicted octanol–water partition coefficient (Wildman–Crippen LogP) is 2.69. The normalized spacial score (nSPS) is 10.1. The minimum atomic E-state index is -0.382. The minimum Gasteiger partial charge on any atom is -0.465 e. The van der Waals surface area contributed by atoms with Gasteiger partial charge in [0.25, 0.3) is 0 Å². The zero-order valence-electron chi connectivity index (χ0n) is 11.7. The SMILES string of the molecule is COC(=O)c1cc(N)ccc1N(C)Cc1ccccc1. The molecule has 0 fully saturated rings. The third kappa shape index (κ3) is 3.09. The van der Waals surface area contributed by atoms with Crippen molar-refractivity contribution >= 4 is 17.3 Å². The van der Waals surface area contributed by atoms with E-state index < -0.39 is 0 Å². The zero-order chi connectivity index (χ0) is 14.5. The van der Waals surface area contributed by atoms with E-state index in [1.165, 1.54) is 12.7 Å². The van der Waals surface area contributed by atoms with Gasteiger partial charge in [-0.1, -0.05) is 30.3 Å². The molecule has 4 heteroatoms. The number of hydrogen-bond acceptors (Lipinski definition) is 4. The summed E-state index contributed by atoms with van der Waals surface area (Å²) in [7, 11) is 3.30. The Bertz CT molecular complexity index is 597. The molecular formula is C16H18N2O2. The first-order valence-electron chi connectivity index (χ1n) is 6.34. The Balaban J connectivity index is 2.29. The highest BCUT2D eigenvalue weighted by molar-refractivity contribution is 5.96. The Labute approximate surface area is 118 Å². The number of ether oxygens (including phenoxy) is 1. The summed E-state index contributed by atoms with van der Waals surface area (Å²) >= 11 is 0. The van der Waals surface area contributed by atoms with Gasteiger partial charge in [0.05, 0.1) is 18.4 Å². The van der Waals surface area contributed by atoms with Crippen LogP contribution in [0.3, 0.4) is 0 Å². The van der Waals surface area contributed by atoms with Gasteiger partial charge in [0.1, 0.15) is 0 Å². The van der Waals surface area contributed by atoms with Crippen molar-refractivity contribution in [2.24, 2.45) is 0 Å². The molecule has 104 valence electrons. The molecule has 0 saturated heterocycles. The van der Waals surface area contributed by atoms with Crippen LogP contribution in [0.5, 0.6) is 0 Å². The second-order valence-corrected chi connectivity index (χ2v) is 4.61. The molecular weight excluding hydrogens is 252 g/mol. The molecule has 0 aromatic heterocycles. The largest absolute Gasteiger partial charge is 0.465 e. The van der Waals surface area contributed by atoms with Crippen LogP contribution >= 0.6 is 0 Å². The van der Waals surface area contributed by atoms with Crippen LogP contribution in [0.4, 0.5) is 11.4 Å². The highest BCUT2D eigenvalue weighted by Gasteiger charge is 2.15. The van der Waals surface area contributed by atoms with Crippen molar-refractivity contribution in [3.8, 4) is 0 Å². The van der Waals surface area contributed by atoms with Crippen LogP contribution in [-0.2, 0) is 11.3 Å². The van der Waals surface area contributed by atoms with Gasteiger partial charge in [-0.25, -0.2) is 4.79 Å². The fourth-order valence-corrected chi connectivity index (χ4v) is 2.10. The topological polar surface area (TPSA) is 55.6 Å². The van der Waals surface area contributed by atoms with Gasteiger partial charge in [-0.05, 0) is 23.8 Å². The van der Waals surface area contributed by atoms with E-state index in [1.807, 2.05) is 48.3 Å². The van der Waals surface area contributed by atoms with E-state index in [4.69, 9.17) is 10.5 Å². The highest BCUT2D eigenvalue weighted by Crippen LogP contribution is 2.24. The average molecular weight is 270 g/mol. The van der Waals surface area contributed by atoms with Crippen LogP contribution in [0.1, 0.15) is 15.9 Å². The molecule has 2 N–H and O–H groups in total. The summed E-state index contributed by atoms with van der Waals surface area (Å²) in [6, 6.07) is 15.3. The third-order valence-corrected chi connectivity index (χ3v) is 3.10. The summed E-state index contributed by atoms with van der Waals surface area (Å²) in [5.74, 6) is -0.382. The molecule has 0 bridgehead atoms. The maximum atomic E-state index is 11.8. The number of carbonyl (C=O) groups is 1. The molecule has 0 aliphatic rings. The van der Waals surface area contributed by atoms with E-state index in [0.29, 0.717) is 17.8 Å². The number of anilines is 2. The number of carbonyl (C=O) groups excluding carboxylic acids is 1. The Morgan fingerprint density at radius 1 is 1.20 bits per heavy atom. The van der Waals surface area contributed by atoms with Gasteiger partial charge < -0.3 is 15.4 Å². The van der Waals surface area contributed by atoms with Gasteiger partial charge in [-0.15, -0.1) is 0 Å².